The van der Waals surface area contributed by atoms with Gasteiger partial charge in [0.1, 0.15) is 0 Å². The van der Waals surface area contributed by atoms with Crippen LogP contribution in [0.15, 0.2) is 58.1 Å². The molecule has 0 aliphatic heterocycles. The van der Waals surface area contributed by atoms with Crippen molar-refractivity contribution in [3.05, 3.63) is 69.7 Å². The van der Waals surface area contributed by atoms with E-state index in [1.54, 1.807) is 18.0 Å². The van der Waals surface area contributed by atoms with E-state index in [1.807, 2.05) is 55.5 Å². The molecule has 1 N–H and O–H groups in total. The van der Waals surface area contributed by atoms with Crippen LogP contribution in [0.25, 0.3) is 0 Å². The second-order valence-electron chi connectivity index (χ2n) is 4.79. The zero-order valence-electron chi connectivity index (χ0n) is 12.3. The van der Waals surface area contributed by atoms with Crippen LogP contribution in [0.5, 0.6) is 0 Å². The molecule has 0 saturated heterocycles. The first kappa shape index (κ1) is 16.8. The molecule has 0 unspecified atom stereocenters. The number of hydrogen-bond acceptors (Lipinski definition) is 3. The number of thioether (sulfide) groups is 1. The SMILES string of the molecule is Cc1cccc(/C=N\NC(=O)CSCc2ccccc2Br)c1. The lowest BCUT2D eigenvalue weighted by atomic mass is 10.2. The lowest BCUT2D eigenvalue weighted by Gasteiger charge is -2.03. The number of hydrogen-bond donors (Lipinski definition) is 1. The van der Waals surface area contributed by atoms with Crippen LogP contribution in [0.1, 0.15) is 16.7 Å². The molecule has 5 heteroatoms. The number of amides is 1. The fraction of sp³-hybridized carbons (Fsp3) is 0.176. The summed E-state index contributed by atoms with van der Waals surface area (Å²) in [6.07, 6.45) is 1.66. The lowest BCUT2D eigenvalue weighted by molar-refractivity contribution is -0.118. The fourth-order valence-corrected chi connectivity index (χ4v) is 3.26. The van der Waals surface area contributed by atoms with Gasteiger partial charge in [0.15, 0.2) is 0 Å². The second kappa shape index (κ2) is 8.76. The number of carbonyl (C=O) groups is 1. The quantitative estimate of drug-likeness (QED) is 0.607. The number of benzene rings is 2. The van der Waals surface area contributed by atoms with E-state index < -0.39 is 0 Å². The van der Waals surface area contributed by atoms with Gasteiger partial charge < -0.3 is 0 Å². The molecule has 0 atom stereocenters. The van der Waals surface area contributed by atoms with Gasteiger partial charge in [-0.1, -0.05) is 64.0 Å². The Morgan fingerprint density at radius 2 is 2.09 bits per heavy atom. The molecular formula is C17H17BrN2OS. The maximum atomic E-state index is 11.7. The zero-order chi connectivity index (χ0) is 15.8. The van der Waals surface area contributed by atoms with Gasteiger partial charge in [0, 0.05) is 10.2 Å². The summed E-state index contributed by atoms with van der Waals surface area (Å²) in [6, 6.07) is 16.0. The smallest absolute Gasteiger partial charge is 0.250 e. The number of carbonyl (C=O) groups excluding carboxylic acids is 1. The van der Waals surface area contributed by atoms with Gasteiger partial charge in [0.25, 0.3) is 0 Å². The minimum absolute atomic E-state index is 0.0963. The second-order valence-corrected chi connectivity index (χ2v) is 6.63. The van der Waals surface area contributed by atoms with Crippen LogP contribution in [0.2, 0.25) is 0 Å². The molecule has 0 saturated carbocycles. The monoisotopic (exact) mass is 376 g/mol. The number of nitrogens with one attached hydrogen (secondary N) is 1. The maximum absolute atomic E-state index is 11.7. The van der Waals surface area contributed by atoms with Gasteiger partial charge in [-0.3, -0.25) is 4.79 Å². The van der Waals surface area contributed by atoms with Gasteiger partial charge in [-0.15, -0.1) is 11.8 Å². The minimum atomic E-state index is -0.0963. The van der Waals surface area contributed by atoms with Gasteiger partial charge in [-0.2, -0.15) is 5.10 Å². The summed E-state index contributed by atoms with van der Waals surface area (Å²) < 4.78 is 1.07. The normalized spacial score (nSPS) is 10.8. The van der Waals surface area contributed by atoms with Crippen LogP contribution in [-0.4, -0.2) is 17.9 Å². The first-order valence-corrected chi connectivity index (χ1v) is 8.79. The topological polar surface area (TPSA) is 41.5 Å². The summed E-state index contributed by atoms with van der Waals surface area (Å²) in [5.74, 6) is 1.07. The molecular weight excluding hydrogens is 360 g/mol. The molecule has 0 aromatic heterocycles. The minimum Gasteiger partial charge on any atom is -0.272 e. The Kier molecular flexibility index (Phi) is 6.68. The zero-order valence-corrected chi connectivity index (χ0v) is 14.7. The summed E-state index contributed by atoms with van der Waals surface area (Å²) in [5, 5.41) is 3.98. The first-order chi connectivity index (χ1) is 10.6. The van der Waals surface area contributed by atoms with Crippen molar-refractivity contribution in [2.45, 2.75) is 12.7 Å². The standard InChI is InChI=1S/C17H17BrN2OS/c1-13-5-4-6-14(9-13)10-19-20-17(21)12-22-11-15-7-2-3-8-16(15)18/h2-10H,11-12H2,1H3,(H,20,21)/b19-10-. The number of aryl methyl sites for hydroxylation is 1. The van der Waals surface area contributed by atoms with E-state index in [9.17, 15) is 4.79 Å². The Labute approximate surface area is 143 Å². The number of halogens is 1. The fourth-order valence-electron chi connectivity index (χ4n) is 1.83. The van der Waals surface area contributed by atoms with E-state index in [4.69, 9.17) is 0 Å². The Hall–Kier alpha value is -1.59. The Bertz CT molecular complexity index is 673. The third kappa shape index (κ3) is 5.66. The molecule has 114 valence electrons. The Balaban J connectivity index is 1.73. The van der Waals surface area contributed by atoms with Gasteiger partial charge in [0.2, 0.25) is 5.91 Å². The number of hydrazone groups is 1. The van der Waals surface area contributed by atoms with Crippen molar-refractivity contribution in [2.24, 2.45) is 5.10 Å². The van der Waals surface area contributed by atoms with Gasteiger partial charge in [-0.25, -0.2) is 5.43 Å². The molecule has 22 heavy (non-hydrogen) atoms. The largest absolute Gasteiger partial charge is 0.272 e. The Morgan fingerprint density at radius 3 is 2.86 bits per heavy atom. The molecule has 3 nitrogen and oxygen atoms in total. The van der Waals surface area contributed by atoms with Gasteiger partial charge in [0.05, 0.1) is 12.0 Å². The maximum Gasteiger partial charge on any atom is 0.250 e. The molecule has 0 aliphatic rings. The third-order valence-corrected chi connectivity index (χ3v) is 4.65. The van der Waals surface area contributed by atoms with Crippen LogP contribution in [0.3, 0.4) is 0 Å². The van der Waals surface area contributed by atoms with Crippen molar-refractivity contribution in [3.63, 3.8) is 0 Å². The average Bonchev–Trinajstić information content (AvgIpc) is 2.49. The summed E-state index contributed by atoms with van der Waals surface area (Å²) >= 11 is 5.06. The highest BCUT2D eigenvalue weighted by Gasteiger charge is 2.02. The van der Waals surface area contributed by atoms with Crippen molar-refractivity contribution < 1.29 is 4.79 Å². The molecule has 0 radical (unpaired) electrons. The number of rotatable bonds is 6. The van der Waals surface area contributed by atoms with Crippen LogP contribution < -0.4 is 5.43 Å². The van der Waals surface area contributed by atoms with Crippen molar-refractivity contribution in [1.82, 2.24) is 5.43 Å². The molecule has 0 bridgehead atoms. The van der Waals surface area contributed by atoms with E-state index in [0.717, 1.165) is 15.8 Å². The van der Waals surface area contributed by atoms with Crippen LogP contribution >= 0.6 is 27.7 Å². The molecule has 0 heterocycles. The summed E-state index contributed by atoms with van der Waals surface area (Å²) in [7, 11) is 0. The highest BCUT2D eigenvalue weighted by molar-refractivity contribution is 9.10. The predicted octanol–water partition coefficient (Wildman–Crippen LogP) is 4.14. The predicted molar refractivity (Wildman–Crippen MR) is 97.2 cm³/mol. The first-order valence-electron chi connectivity index (χ1n) is 6.85. The van der Waals surface area contributed by atoms with Crippen molar-refractivity contribution in [2.75, 3.05) is 5.75 Å². The van der Waals surface area contributed by atoms with E-state index in [2.05, 4.69) is 26.5 Å². The summed E-state index contributed by atoms with van der Waals surface area (Å²) in [4.78, 5) is 11.7. The molecule has 0 aliphatic carbocycles. The van der Waals surface area contributed by atoms with Crippen LogP contribution in [0, 0.1) is 6.92 Å². The summed E-state index contributed by atoms with van der Waals surface area (Å²) in [6.45, 7) is 2.02. The highest BCUT2D eigenvalue weighted by atomic mass is 79.9. The summed E-state index contributed by atoms with van der Waals surface area (Å²) in [5.41, 5.74) is 5.87. The number of nitrogens with zero attached hydrogens (tertiary/aromatic N) is 1. The Morgan fingerprint density at radius 1 is 1.27 bits per heavy atom. The van der Waals surface area contributed by atoms with Crippen molar-refractivity contribution in [3.8, 4) is 0 Å². The van der Waals surface area contributed by atoms with Gasteiger partial charge in [-0.05, 0) is 24.1 Å². The van der Waals surface area contributed by atoms with Crippen molar-refractivity contribution in [1.29, 1.82) is 0 Å². The average molecular weight is 377 g/mol. The van der Waals surface area contributed by atoms with Crippen molar-refractivity contribution >= 4 is 39.8 Å². The van der Waals surface area contributed by atoms with E-state index in [-0.39, 0.29) is 5.91 Å². The molecule has 2 aromatic carbocycles. The van der Waals surface area contributed by atoms with E-state index >= 15 is 0 Å². The van der Waals surface area contributed by atoms with E-state index in [0.29, 0.717) is 5.75 Å². The molecule has 2 rings (SSSR count). The highest BCUT2D eigenvalue weighted by Crippen LogP contribution is 2.20. The lowest BCUT2D eigenvalue weighted by Crippen LogP contribution is -2.19. The molecule has 2 aromatic rings. The van der Waals surface area contributed by atoms with Crippen LogP contribution in [-0.2, 0) is 10.5 Å². The van der Waals surface area contributed by atoms with Gasteiger partial charge >= 0.3 is 0 Å². The van der Waals surface area contributed by atoms with E-state index in [1.165, 1.54) is 11.1 Å². The molecule has 1 amide bonds. The third-order valence-electron chi connectivity index (χ3n) is 2.89. The molecule has 0 spiro atoms. The molecule has 0 fully saturated rings. The van der Waals surface area contributed by atoms with Crippen LogP contribution in [0.4, 0.5) is 0 Å².